The molecule has 2 aromatic rings. The molecule has 0 aromatic heterocycles. The third-order valence-electron chi connectivity index (χ3n) is 6.69. The van der Waals surface area contributed by atoms with Crippen molar-refractivity contribution in [1.82, 2.24) is 0 Å². The van der Waals surface area contributed by atoms with E-state index in [1.165, 1.54) is 10.4 Å². The molecule has 2 aliphatic rings. The standard InChI is InChI=1S/C26H34O4Si/c1-26(2,3)31(22-10-6-4-7-11-22,23-12-8-5-9-13-23)28-19-21-15-17-25(30-21)24-16-14-20(18-27)29-24/h4-13,18,20-21,24-25H,14-17,19H2,1-3H3/t20-,21-,24-,25-/m0/s1. The lowest BCUT2D eigenvalue weighted by Crippen LogP contribution is -2.67. The summed E-state index contributed by atoms with van der Waals surface area (Å²) in [5.74, 6) is 0. The van der Waals surface area contributed by atoms with Gasteiger partial charge in [0.1, 0.15) is 12.4 Å². The van der Waals surface area contributed by atoms with Gasteiger partial charge in [0.05, 0.1) is 24.9 Å². The summed E-state index contributed by atoms with van der Waals surface area (Å²) >= 11 is 0. The Morgan fingerprint density at radius 2 is 1.42 bits per heavy atom. The number of ether oxygens (including phenoxy) is 2. The van der Waals surface area contributed by atoms with Crippen LogP contribution in [0.2, 0.25) is 5.04 Å². The summed E-state index contributed by atoms with van der Waals surface area (Å²) in [4.78, 5) is 11.0. The highest BCUT2D eigenvalue weighted by molar-refractivity contribution is 6.99. The summed E-state index contributed by atoms with van der Waals surface area (Å²) in [5.41, 5.74) is 0. The highest BCUT2D eigenvalue weighted by atomic mass is 28.4. The molecule has 0 amide bonds. The monoisotopic (exact) mass is 438 g/mol. The van der Waals surface area contributed by atoms with Crippen molar-refractivity contribution >= 4 is 25.0 Å². The number of hydrogen-bond donors (Lipinski definition) is 0. The van der Waals surface area contributed by atoms with Gasteiger partial charge in [-0.1, -0.05) is 81.4 Å². The van der Waals surface area contributed by atoms with Crippen molar-refractivity contribution in [1.29, 1.82) is 0 Å². The lowest BCUT2D eigenvalue weighted by molar-refractivity contribution is -0.122. The first-order chi connectivity index (χ1) is 14.9. The Labute approximate surface area is 187 Å². The summed E-state index contributed by atoms with van der Waals surface area (Å²) in [5, 5.41) is 2.53. The van der Waals surface area contributed by atoms with E-state index in [9.17, 15) is 4.79 Å². The Kier molecular flexibility index (Phi) is 6.77. The Bertz CT molecular complexity index is 809. The fourth-order valence-corrected chi connectivity index (χ4v) is 9.76. The highest BCUT2D eigenvalue weighted by Crippen LogP contribution is 2.38. The minimum atomic E-state index is -2.54. The molecule has 2 aliphatic heterocycles. The summed E-state index contributed by atoms with van der Waals surface area (Å²) < 4.78 is 19.3. The van der Waals surface area contributed by atoms with Crippen molar-refractivity contribution in [2.75, 3.05) is 6.61 Å². The van der Waals surface area contributed by atoms with Crippen molar-refractivity contribution in [2.45, 2.75) is 75.9 Å². The molecule has 0 saturated carbocycles. The van der Waals surface area contributed by atoms with Gasteiger partial charge in [-0.2, -0.15) is 0 Å². The van der Waals surface area contributed by atoms with Crippen LogP contribution in [-0.2, 0) is 18.7 Å². The van der Waals surface area contributed by atoms with Crippen molar-refractivity contribution < 1.29 is 18.7 Å². The molecule has 0 N–H and O–H groups in total. The summed E-state index contributed by atoms with van der Waals surface area (Å²) in [7, 11) is -2.54. The Morgan fingerprint density at radius 3 is 1.94 bits per heavy atom. The average molecular weight is 439 g/mol. The molecule has 0 radical (unpaired) electrons. The van der Waals surface area contributed by atoms with E-state index >= 15 is 0 Å². The van der Waals surface area contributed by atoms with Crippen LogP contribution in [0.25, 0.3) is 0 Å². The van der Waals surface area contributed by atoms with Crippen LogP contribution in [0, 0.1) is 0 Å². The normalized spacial score (nSPS) is 26.8. The van der Waals surface area contributed by atoms with E-state index in [0.717, 1.165) is 32.0 Å². The molecular weight excluding hydrogens is 404 g/mol. The molecule has 2 fully saturated rings. The van der Waals surface area contributed by atoms with Crippen LogP contribution in [0.3, 0.4) is 0 Å². The molecule has 4 rings (SSSR count). The van der Waals surface area contributed by atoms with Crippen LogP contribution in [0.1, 0.15) is 46.5 Å². The van der Waals surface area contributed by atoms with Gasteiger partial charge in [0.25, 0.3) is 8.32 Å². The highest BCUT2D eigenvalue weighted by Gasteiger charge is 2.50. The topological polar surface area (TPSA) is 44.8 Å². The van der Waals surface area contributed by atoms with Crippen molar-refractivity contribution in [3.63, 3.8) is 0 Å². The lowest BCUT2D eigenvalue weighted by Gasteiger charge is -2.43. The number of carbonyl (C=O) groups excluding carboxylic acids is 1. The first kappa shape index (κ1) is 22.4. The van der Waals surface area contributed by atoms with Crippen molar-refractivity contribution in [2.24, 2.45) is 0 Å². The molecule has 0 aliphatic carbocycles. The zero-order chi connectivity index (χ0) is 21.9. The van der Waals surface area contributed by atoms with Crippen LogP contribution in [0.4, 0.5) is 0 Å². The Morgan fingerprint density at radius 1 is 0.871 bits per heavy atom. The van der Waals surface area contributed by atoms with Crippen LogP contribution in [-0.4, -0.2) is 45.6 Å². The fraction of sp³-hybridized carbons (Fsp3) is 0.500. The fourth-order valence-electron chi connectivity index (χ4n) is 5.17. The first-order valence-corrected chi connectivity index (χ1v) is 13.4. The maximum Gasteiger partial charge on any atom is 0.261 e. The molecule has 0 bridgehead atoms. The van der Waals surface area contributed by atoms with E-state index in [1.807, 2.05) is 0 Å². The van der Waals surface area contributed by atoms with Crippen molar-refractivity contribution in [3.8, 4) is 0 Å². The van der Waals surface area contributed by atoms with Gasteiger partial charge < -0.3 is 18.7 Å². The molecule has 2 heterocycles. The van der Waals surface area contributed by atoms with Gasteiger partial charge in [-0.15, -0.1) is 0 Å². The number of benzene rings is 2. The van der Waals surface area contributed by atoms with E-state index in [-0.39, 0.29) is 29.5 Å². The van der Waals surface area contributed by atoms with Crippen LogP contribution in [0.5, 0.6) is 0 Å². The Balaban J connectivity index is 1.54. The Hall–Kier alpha value is -1.79. The van der Waals surface area contributed by atoms with Gasteiger partial charge in [-0.3, -0.25) is 0 Å². The van der Waals surface area contributed by atoms with Crippen LogP contribution >= 0.6 is 0 Å². The zero-order valence-corrected chi connectivity index (χ0v) is 19.8. The van der Waals surface area contributed by atoms with E-state index in [2.05, 4.69) is 81.4 Å². The predicted molar refractivity (Wildman–Crippen MR) is 125 cm³/mol. The number of rotatable bonds is 7. The molecule has 4 nitrogen and oxygen atoms in total. The number of hydrogen-bond acceptors (Lipinski definition) is 4. The number of aldehydes is 1. The molecule has 0 unspecified atom stereocenters. The molecule has 4 atom stereocenters. The lowest BCUT2D eigenvalue weighted by atomic mass is 10.1. The maximum absolute atomic E-state index is 11.0. The summed E-state index contributed by atoms with van der Waals surface area (Å²) in [6.45, 7) is 7.46. The van der Waals surface area contributed by atoms with Crippen LogP contribution in [0.15, 0.2) is 60.7 Å². The quantitative estimate of drug-likeness (QED) is 0.486. The molecule has 166 valence electrons. The number of carbonyl (C=O) groups is 1. The van der Waals surface area contributed by atoms with Gasteiger partial charge in [-0.05, 0) is 41.1 Å². The molecular formula is C26H34O4Si. The van der Waals surface area contributed by atoms with Crippen LogP contribution < -0.4 is 10.4 Å². The SMILES string of the molecule is CC(C)(C)[Si](OC[C@@H]1CC[C@@H]([C@@H]2CC[C@@H](C=O)O2)O1)(c1ccccc1)c1ccccc1. The third-order valence-corrected chi connectivity index (χ3v) is 11.7. The summed E-state index contributed by atoms with van der Waals surface area (Å²) in [6.07, 6.45) is 4.45. The van der Waals surface area contributed by atoms with Gasteiger partial charge in [-0.25, -0.2) is 0 Å². The molecule has 0 spiro atoms. The van der Waals surface area contributed by atoms with Crippen molar-refractivity contribution in [3.05, 3.63) is 60.7 Å². The zero-order valence-electron chi connectivity index (χ0n) is 18.8. The second-order valence-corrected chi connectivity index (χ2v) is 14.1. The first-order valence-electron chi connectivity index (χ1n) is 11.5. The largest absolute Gasteiger partial charge is 0.405 e. The van der Waals surface area contributed by atoms with Gasteiger partial charge >= 0.3 is 0 Å². The van der Waals surface area contributed by atoms with E-state index in [1.54, 1.807) is 0 Å². The molecule has 5 heteroatoms. The molecule has 2 aromatic carbocycles. The maximum atomic E-state index is 11.0. The van der Waals surface area contributed by atoms with E-state index < -0.39 is 8.32 Å². The third kappa shape index (κ3) is 4.56. The van der Waals surface area contributed by atoms with Gasteiger partial charge in [0, 0.05) is 0 Å². The second-order valence-electron chi connectivity index (χ2n) is 9.77. The summed E-state index contributed by atoms with van der Waals surface area (Å²) in [6, 6.07) is 21.4. The molecule has 2 saturated heterocycles. The van der Waals surface area contributed by atoms with E-state index in [4.69, 9.17) is 13.9 Å². The van der Waals surface area contributed by atoms with E-state index in [0.29, 0.717) is 6.61 Å². The average Bonchev–Trinajstić information content (AvgIpc) is 3.44. The minimum Gasteiger partial charge on any atom is -0.405 e. The van der Waals surface area contributed by atoms with Gasteiger partial charge in [0.15, 0.2) is 0 Å². The van der Waals surface area contributed by atoms with Gasteiger partial charge in [0.2, 0.25) is 0 Å². The second kappa shape index (κ2) is 9.37. The molecule has 31 heavy (non-hydrogen) atoms. The minimum absolute atomic E-state index is 0.0352. The smallest absolute Gasteiger partial charge is 0.261 e. The predicted octanol–water partition coefficient (Wildman–Crippen LogP) is 3.86.